The molecule has 0 saturated carbocycles. The highest BCUT2D eigenvalue weighted by atomic mass is 19.1. The number of carbonyl (C=O) groups excluding carboxylic acids is 1. The van der Waals surface area contributed by atoms with Gasteiger partial charge in [-0.1, -0.05) is 13.8 Å². The highest BCUT2D eigenvalue weighted by Crippen LogP contribution is 2.38. The second-order valence-electron chi connectivity index (χ2n) is 5.67. The fraction of sp³-hybridized carbons (Fsp3) is 0.250. The van der Waals surface area contributed by atoms with Crippen LogP contribution in [-0.2, 0) is 11.3 Å². The molecule has 2 N–H and O–H groups in total. The molecule has 0 radical (unpaired) electrons. The number of fused-ring (bicyclic) bond motifs is 1. The maximum absolute atomic E-state index is 14.2. The van der Waals surface area contributed by atoms with Crippen LogP contribution in [-0.4, -0.2) is 20.8 Å². The SMILES string of the molecule is CC(C)Cn1nccc1/C=C1\C(=O)Nc2ccc(O)c(F)c21. The predicted octanol–water partition coefficient (Wildman–Crippen LogP) is 2.88. The summed E-state index contributed by atoms with van der Waals surface area (Å²) in [5.74, 6) is -1.27. The van der Waals surface area contributed by atoms with Crippen molar-refractivity contribution in [1.82, 2.24) is 9.78 Å². The van der Waals surface area contributed by atoms with E-state index in [2.05, 4.69) is 24.3 Å². The molecular formula is C16H16FN3O2. The number of phenolic OH excluding ortho intramolecular Hbond substituents is 1. The van der Waals surface area contributed by atoms with E-state index in [1.807, 2.05) is 0 Å². The average molecular weight is 301 g/mol. The zero-order valence-electron chi connectivity index (χ0n) is 12.3. The van der Waals surface area contributed by atoms with Crippen LogP contribution in [0, 0.1) is 11.7 Å². The van der Waals surface area contributed by atoms with Crippen LogP contribution >= 0.6 is 0 Å². The molecule has 1 amide bonds. The summed E-state index contributed by atoms with van der Waals surface area (Å²) < 4.78 is 15.9. The second-order valence-corrected chi connectivity index (χ2v) is 5.67. The molecule has 0 unspecified atom stereocenters. The molecule has 2 aromatic rings. The lowest BCUT2D eigenvalue weighted by atomic mass is 10.0. The lowest BCUT2D eigenvalue weighted by Gasteiger charge is -2.08. The van der Waals surface area contributed by atoms with Crippen molar-refractivity contribution < 1.29 is 14.3 Å². The topological polar surface area (TPSA) is 67.2 Å². The Morgan fingerprint density at radius 3 is 2.91 bits per heavy atom. The smallest absolute Gasteiger partial charge is 0.256 e. The highest BCUT2D eigenvalue weighted by Gasteiger charge is 2.29. The largest absolute Gasteiger partial charge is 0.505 e. The van der Waals surface area contributed by atoms with Crippen molar-refractivity contribution in [3.63, 3.8) is 0 Å². The summed E-state index contributed by atoms with van der Waals surface area (Å²) in [5, 5.41) is 16.3. The van der Waals surface area contributed by atoms with Gasteiger partial charge in [0.15, 0.2) is 11.6 Å². The number of aromatic nitrogens is 2. The van der Waals surface area contributed by atoms with E-state index in [-0.39, 0.29) is 11.1 Å². The normalized spacial score (nSPS) is 15.5. The first-order chi connectivity index (χ1) is 10.5. The van der Waals surface area contributed by atoms with Crippen molar-refractivity contribution in [2.75, 3.05) is 5.32 Å². The number of nitrogens with one attached hydrogen (secondary N) is 1. The molecule has 1 aromatic heterocycles. The number of hydrogen-bond donors (Lipinski definition) is 2. The third kappa shape index (κ3) is 2.36. The van der Waals surface area contributed by atoms with Crippen molar-refractivity contribution in [1.29, 1.82) is 0 Å². The third-order valence-electron chi connectivity index (χ3n) is 3.46. The molecule has 0 saturated heterocycles. The molecule has 0 atom stereocenters. The quantitative estimate of drug-likeness (QED) is 0.676. The Bertz CT molecular complexity index is 778. The number of carbonyl (C=O) groups is 1. The molecule has 2 heterocycles. The van der Waals surface area contributed by atoms with Gasteiger partial charge in [-0.3, -0.25) is 9.48 Å². The first-order valence-electron chi connectivity index (χ1n) is 7.04. The number of aromatic hydroxyl groups is 1. The maximum atomic E-state index is 14.2. The molecule has 0 bridgehead atoms. The fourth-order valence-electron chi connectivity index (χ4n) is 2.49. The highest BCUT2D eigenvalue weighted by molar-refractivity contribution is 6.35. The van der Waals surface area contributed by atoms with Gasteiger partial charge in [0.2, 0.25) is 0 Å². The van der Waals surface area contributed by atoms with Gasteiger partial charge in [0.25, 0.3) is 5.91 Å². The first-order valence-corrected chi connectivity index (χ1v) is 7.04. The molecular weight excluding hydrogens is 285 g/mol. The maximum Gasteiger partial charge on any atom is 0.256 e. The second kappa shape index (κ2) is 5.29. The van der Waals surface area contributed by atoms with Crippen LogP contribution in [0.5, 0.6) is 5.75 Å². The van der Waals surface area contributed by atoms with Gasteiger partial charge in [-0.15, -0.1) is 0 Å². The van der Waals surface area contributed by atoms with E-state index < -0.39 is 17.5 Å². The molecule has 6 heteroatoms. The summed E-state index contributed by atoms with van der Waals surface area (Å²) in [6, 6.07) is 4.47. The summed E-state index contributed by atoms with van der Waals surface area (Å²) in [5.41, 5.74) is 1.37. The van der Waals surface area contributed by atoms with Gasteiger partial charge in [0.05, 0.1) is 22.5 Å². The summed E-state index contributed by atoms with van der Waals surface area (Å²) in [4.78, 5) is 12.1. The molecule has 1 aliphatic rings. The summed E-state index contributed by atoms with van der Waals surface area (Å²) in [6.45, 7) is 4.82. The minimum absolute atomic E-state index is 0.0993. The zero-order chi connectivity index (χ0) is 15.9. The molecule has 5 nitrogen and oxygen atoms in total. The number of rotatable bonds is 3. The lowest BCUT2D eigenvalue weighted by Crippen LogP contribution is -2.09. The summed E-state index contributed by atoms with van der Waals surface area (Å²) in [6.07, 6.45) is 3.24. The van der Waals surface area contributed by atoms with Gasteiger partial charge in [-0.25, -0.2) is 4.39 Å². The average Bonchev–Trinajstić information content (AvgIpc) is 3.00. The Morgan fingerprint density at radius 2 is 2.18 bits per heavy atom. The monoisotopic (exact) mass is 301 g/mol. The van der Waals surface area contributed by atoms with Gasteiger partial charge in [0.1, 0.15) is 0 Å². The Hall–Kier alpha value is -2.63. The molecule has 1 aliphatic heterocycles. The standard InChI is InChI=1S/C16H16FN3O2/c1-9(2)8-20-10(5-6-18-20)7-11-14-12(19-16(11)22)3-4-13(21)15(14)17/h3-7,9,21H,8H2,1-2H3,(H,19,22)/b11-7-. The number of benzene rings is 1. The Kier molecular flexibility index (Phi) is 3.44. The van der Waals surface area contributed by atoms with E-state index in [1.165, 1.54) is 12.1 Å². The Labute approximate surface area is 127 Å². The van der Waals surface area contributed by atoms with Crippen LogP contribution < -0.4 is 5.32 Å². The number of amides is 1. The van der Waals surface area contributed by atoms with Crippen LogP contribution in [0.2, 0.25) is 0 Å². The number of halogens is 1. The Morgan fingerprint density at radius 1 is 1.41 bits per heavy atom. The van der Waals surface area contributed by atoms with Gasteiger partial charge in [-0.05, 0) is 30.2 Å². The van der Waals surface area contributed by atoms with Crippen molar-refractivity contribution in [3.8, 4) is 5.75 Å². The van der Waals surface area contributed by atoms with E-state index in [1.54, 1.807) is 23.0 Å². The van der Waals surface area contributed by atoms with Gasteiger partial charge in [0, 0.05) is 12.7 Å². The number of hydrogen-bond acceptors (Lipinski definition) is 3. The van der Waals surface area contributed by atoms with Crippen LogP contribution in [0.25, 0.3) is 11.6 Å². The van der Waals surface area contributed by atoms with Crippen LogP contribution in [0.1, 0.15) is 25.1 Å². The first kappa shape index (κ1) is 14.3. The van der Waals surface area contributed by atoms with E-state index in [9.17, 15) is 14.3 Å². The van der Waals surface area contributed by atoms with Crippen molar-refractivity contribution in [3.05, 3.63) is 41.5 Å². The lowest BCUT2D eigenvalue weighted by molar-refractivity contribution is -0.110. The molecule has 3 rings (SSSR count). The van der Waals surface area contributed by atoms with Crippen LogP contribution in [0.3, 0.4) is 0 Å². The molecule has 0 fully saturated rings. The minimum Gasteiger partial charge on any atom is -0.505 e. The number of anilines is 1. The molecule has 0 aliphatic carbocycles. The zero-order valence-corrected chi connectivity index (χ0v) is 12.3. The van der Waals surface area contributed by atoms with E-state index in [4.69, 9.17) is 0 Å². The summed E-state index contributed by atoms with van der Waals surface area (Å²) in [7, 11) is 0. The molecule has 22 heavy (non-hydrogen) atoms. The van der Waals surface area contributed by atoms with E-state index in [0.717, 1.165) is 5.69 Å². The van der Waals surface area contributed by atoms with Gasteiger partial charge in [-0.2, -0.15) is 5.10 Å². The van der Waals surface area contributed by atoms with Crippen molar-refractivity contribution in [2.24, 2.45) is 5.92 Å². The van der Waals surface area contributed by atoms with Gasteiger partial charge < -0.3 is 10.4 Å². The Balaban J connectivity index is 2.09. The third-order valence-corrected chi connectivity index (χ3v) is 3.46. The minimum atomic E-state index is -0.794. The van der Waals surface area contributed by atoms with E-state index in [0.29, 0.717) is 18.2 Å². The fourth-order valence-corrected chi connectivity index (χ4v) is 2.49. The molecule has 114 valence electrons. The predicted molar refractivity (Wildman–Crippen MR) is 81.6 cm³/mol. The van der Waals surface area contributed by atoms with Crippen LogP contribution in [0.4, 0.5) is 10.1 Å². The number of phenols is 1. The van der Waals surface area contributed by atoms with Gasteiger partial charge >= 0.3 is 0 Å². The molecule has 1 aromatic carbocycles. The van der Waals surface area contributed by atoms with Crippen molar-refractivity contribution in [2.45, 2.75) is 20.4 Å². The number of nitrogens with zero attached hydrogens (tertiary/aromatic N) is 2. The van der Waals surface area contributed by atoms with Crippen molar-refractivity contribution >= 4 is 23.2 Å². The van der Waals surface area contributed by atoms with Crippen LogP contribution in [0.15, 0.2) is 24.4 Å². The summed E-state index contributed by atoms with van der Waals surface area (Å²) >= 11 is 0. The van der Waals surface area contributed by atoms with E-state index >= 15 is 0 Å². The molecule has 0 spiro atoms.